The fourth-order valence-electron chi connectivity index (χ4n) is 2.11. The van der Waals surface area contributed by atoms with E-state index < -0.39 is 0 Å². The van der Waals surface area contributed by atoms with Gasteiger partial charge < -0.3 is 20.3 Å². The highest BCUT2D eigenvalue weighted by Crippen LogP contribution is 2.40. The number of carbonyl (C=O) groups is 1. The summed E-state index contributed by atoms with van der Waals surface area (Å²) in [5.41, 5.74) is -0.301. The van der Waals surface area contributed by atoms with Gasteiger partial charge in [-0.1, -0.05) is 26.0 Å². The fraction of sp³-hybridized carbons (Fsp3) is 0.500. The molecule has 2 atom stereocenters. The number of rotatable bonds is 4. The van der Waals surface area contributed by atoms with Crippen LogP contribution in [0.2, 0.25) is 0 Å². The summed E-state index contributed by atoms with van der Waals surface area (Å²) in [5, 5.41) is 21.9. The van der Waals surface area contributed by atoms with Crippen molar-refractivity contribution in [2.75, 3.05) is 6.61 Å². The van der Waals surface area contributed by atoms with Gasteiger partial charge in [-0.05, 0) is 18.6 Å². The molecule has 5 heteroatoms. The number of ether oxygens (including phenoxy) is 1. The summed E-state index contributed by atoms with van der Waals surface area (Å²) >= 11 is 0. The quantitative estimate of drug-likeness (QED) is 0.760. The van der Waals surface area contributed by atoms with Crippen LogP contribution in [0.1, 0.15) is 20.3 Å². The Morgan fingerprint density at radius 2 is 2.16 bits per heavy atom. The maximum Gasteiger partial charge on any atom is 0.258 e. The van der Waals surface area contributed by atoms with Gasteiger partial charge in [0.05, 0.1) is 6.10 Å². The Labute approximate surface area is 112 Å². The zero-order valence-electron chi connectivity index (χ0n) is 11.1. The number of amides is 1. The monoisotopic (exact) mass is 265 g/mol. The molecule has 2 rings (SSSR count). The van der Waals surface area contributed by atoms with Crippen LogP contribution in [0.3, 0.4) is 0 Å². The van der Waals surface area contributed by atoms with Crippen molar-refractivity contribution in [1.82, 2.24) is 5.32 Å². The van der Waals surface area contributed by atoms with Crippen LogP contribution >= 0.6 is 0 Å². The Balaban J connectivity index is 1.82. The van der Waals surface area contributed by atoms with Crippen molar-refractivity contribution in [2.24, 2.45) is 5.41 Å². The molecule has 1 aromatic carbocycles. The van der Waals surface area contributed by atoms with E-state index in [1.807, 2.05) is 13.8 Å². The standard InChI is InChI=1S/C14H19NO4/c1-14(2)11(7-12(14)17)15-13(18)8-19-10-6-4-3-5-9(10)16/h3-6,11-12,16-17H,7-8H2,1-2H3,(H,15,18). The highest BCUT2D eigenvalue weighted by molar-refractivity contribution is 5.78. The number of nitrogens with one attached hydrogen (secondary N) is 1. The lowest BCUT2D eigenvalue weighted by Crippen LogP contribution is -2.61. The Morgan fingerprint density at radius 3 is 2.74 bits per heavy atom. The van der Waals surface area contributed by atoms with Gasteiger partial charge in [-0.15, -0.1) is 0 Å². The molecule has 1 aliphatic rings. The van der Waals surface area contributed by atoms with Gasteiger partial charge in [-0.3, -0.25) is 4.79 Å². The zero-order valence-corrected chi connectivity index (χ0v) is 11.1. The second-order valence-electron chi connectivity index (χ2n) is 5.45. The Bertz CT molecular complexity index is 472. The van der Waals surface area contributed by atoms with Crippen LogP contribution in [0.4, 0.5) is 0 Å². The lowest BCUT2D eigenvalue weighted by atomic mass is 9.64. The highest BCUT2D eigenvalue weighted by atomic mass is 16.5. The third-order valence-corrected chi connectivity index (χ3v) is 3.78. The first-order valence-corrected chi connectivity index (χ1v) is 6.29. The first-order valence-electron chi connectivity index (χ1n) is 6.29. The maximum absolute atomic E-state index is 11.7. The van der Waals surface area contributed by atoms with E-state index in [2.05, 4.69) is 5.32 Å². The van der Waals surface area contributed by atoms with Crippen LogP contribution in [0.25, 0.3) is 0 Å². The van der Waals surface area contributed by atoms with Gasteiger partial charge in [0.15, 0.2) is 18.1 Å². The fourth-order valence-corrected chi connectivity index (χ4v) is 2.11. The third kappa shape index (κ3) is 2.81. The number of benzene rings is 1. The predicted octanol–water partition coefficient (Wildman–Crippen LogP) is 1.05. The lowest BCUT2D eigenvalue weighted by Gasteiger charge is -2.49. The summed E-state index contributed by atoms with van der Waals surface area (Å²) in [6, 6.07) is 6.46. The average Bonchev–Trinajstić information content (AvgIpc) is 2.37. The minimum absolute atomic E-state index is 0.00898. The van der Waals surface area contributed by atoms with Crippen LogP contribution in [-0.4, -0.2) is 34.9 Å². The van der Waals surface area contributed by atoms with Gasteiger partial charge in [0.1, 0.15) is 0 Å². The normalized spacial score (nSPS) is 24.4. The number of carbonyl (C=O) groups excluding carboxylic acids is 1. The summed E-state index contributed by atoms with van der Waals surface area (Å²) in [5.74, 6) is 0.0356. The number of phenols is 1. The number of para-hydroxylation sites is 2. The molecular formula is C14H19NO4. The van der Waals surface area contributed by atoms with Crippen molar-refractivity contribution in [1.29, 1.82) is 0 Å². The predicted molar refractivity (Wildman–Crippen MR) is 69.9 cm³/mol. The lowest BCUT2D eigenvalue weighted by molar-refractivity contribution is -0.131. The van der Waals surface area contributed by atoms with Gasteiger partial charge in [0, 0.05) is 11.5 Å². The summed E-state index contributed by atoms with van der Waals surface area (Å²) in [6.45, 7) is 3.67. The SMILES string of the molecule is CC1(C)C(O)CC1NC(=O)COc1ccccc1O. The third-order valence-electron chi connectivity index (χ3n) is 3.78. The smallest absolute Gasteiger partial charge is 0.258 e. The molecule has 0 saturated heterocycles. The van der Waals surface area contributed by atoms with Gasteiger partial charge in [0.2, 0.25) is 0 Å². The van der Waals surface area contributed by atoms with Gasteiger partial charge in [-0.2, -0.15) is 0 Å². The number of aliphatic hydroxyl groups excluding tert-OH is 1. The zero-order chi connectivity index (χ0) is 14.0. The van der Waals surface area contributed by atoms with Crippen LogP contribution in [0.5, 0.6) is 11.5 Å². The van der Waals surface area contributed by atoms with E-state index >= 15 is 0 Å². The van der Waals surface area contributed by atoms with E-state index in [4.69, 9.17) is 4.74 Å². The number of hydrogen-bond donors (Lipinski definition) is 3. The second kappa shape index (κ2) is 5.09. The van der Waals surface area contributed by atoms with Gasteiger partial charge in [0.25, 0.3) is 5.91 Å². The van der Waals surface area contributed by atoms with E-state index in [1.54, 1.807) is 18.2 Å². The Morgan fingerprint density at radius 1 is 1.47 bits per heavy atom. The molecule has 1 fully saturated rings. The van der Waals surface area contributed by atoms with Crippen molar-refractivity contribution >= 4 is 5.91 Å². The van der Waals surface area contributed by atoms with E-state index in [0.717, 1.165) is 0 Å². The molecule has 1 aliphatic carbocycles. The number of hydrogen-bond acceptors (Lipinski definition) is 4. The molecule has 0 radical (unpaired) electrons. The molecule has 2 unspecified atom stereocenters. The highest BCUT2D eigenvalue weighted by Gasteiger charge is 2.47. The van der Waals surface area contributed by atoms with E-state index in [1.165, 1.54) is 6.07 Å². The van der Waals surface area contributed by atoms with E-state index in [0.29, 0.717) is 6.42 Å². The molecule has 1 saturated carbocycles. The van der Waals surface area contributed by atoms with Crippen LogP contribution < -0.4 is 10.1 Å². The van der Waals surface area contributed by atoms with Crippen molar-refractivity contribution in [3.63, 3.8) is 0 Å². The Hall–Kier alpha value is -1.75. The molecule has 1 amide bonds. The largest absolute Gasteiger partial charge is 0.504 e. The first kappa shape index (κ1) is 13.7. The molecule has 0 aliphatic heterocycles. The molecule has 104 valence electrons. The minimum Gasteiger partial charge on any atom is -0.504 e. The van der Waals surface area contributed by atoms with E-state index in [9.17, 15) is 15.0 Å². The summed E-state index contributed by atoms with van der Waals surface area (Å²) in [6.07, 6.45) is 0.187. The van der Waals surface area contributed by atoms with Crippen molar-refractivity contribution in [2.45, 2.75) is 32.4 Å². The number of aliphatic hydroxyl groups is 1. The molecule has 5 nitrogen and oxygen atoms in total. The van der Waals surface area contributed by atoms with Crippen LogP contribution in [0, 0.1) is 5.41 Å². The maximum atomic E-state index is 11.7. The molecule has 0 bridgehead atoms. The van der Waals surface area contributed by atoms with Gasteiger partial charge in [-0.25, -0.2) is 0 Å². The van der Waals surface area contributed by atoms with Crippen molar-refractivity contribution < 1.29 is 19.7 Å². The number of phenolic OH excluding ortho intramolecular Hbond substituents is 1. The minimum atomic E-state index is -0.378. The summed E-state index contributed by atoms with van der Waals surface area (Å²) < 4.78 is 5.24. The second-order valence-corrected chi connectivity index (χ2v) is 5.45. The van der Waals surface area contributed by atoms with Crippen molar-refractivity contribution in [3.8, 4) is 11.5 Å². The van der Waals surface area contributed by atoms with Crippen molar-refractivity contribution in [3.05, 3.63) is 24.3 Å². The average molecular weight is 265 g/mol. The number of aromatic hydroxyl groups is 1. The van der Waals surface area contributed by atoms with Crippen LogP contribution in [-0.2, 0) is 4.79 Å². The molecule has 0 aromatic heterocycles. The molecule has 0 heterocycles. The molecule has 0 spiro atoms. The molecule has 19 heavy (non-hydrogen) atoms. The van der Waals surface area contributed by atoms with E-state index in [-0.39, 0.29) is 41.6 Å². The van der Waals surface area contributed by atoms with Crippen LogP contribution in [0.15, 0.2) is 24.3 Å². The summed E-state index contributed by atoms with van der Waals surface area (Å²) in [7, 11) is 0. The van der Waals surface area contributed by atoms with Gasteiger partial charge >= 0.3 is 0 Å². The topological polar surface area (TPSA) is 78.8 Å². The first-order chi connectivity index (χ1) is 8.91. The molecule has 1 aromatic rings. The Kier molecular flexibility index (Phi) is 3.66. The molecular weight excluding hydrogens is 246 g/mol. The summed E-state index contributed by atoms with van der Waals surface area (Å²) in [4.78, 5) is 11.7. The molecule has 3 N–H and O–H groups in total.